The van der Waals surface area contributed by atoms with Gasteiger partial charge in [0, 0.05) is 30.6 Å². The van der Waals surface area contributed by atoms with Crippen molar-refractivity contribution in [1.82, 2.24) is 4.90 Å². The highest BCUT2D eigenvalue weighted by Gasteiger charge is 2.28. The first kappa shape index (κ1) is 27.5. The lowest BCUT2D eigenvalue weighted by Crippen LogP contribution is -2.42. The van der Waals surface area contributed by atoms with Gasteiger partial charge in [0.25, 0.3) is 5.91 Å². The van der Waals surface area contributed by atoms with E-state index in [1.165, 1.54) is 11.1 Å². The number of aliphatic imine (C=N–C) groups is 1. The minimum absolute atomic E-state index is 0.0144. The van der Waals surface area contributed by atoms with Crippen molar-refractivity contribution in [3.63, 3.8) is 0 Å². The van der Waals surface area contributed by atoms with Gasteiger partial charge in [0.15, 0.2) is 12.6 Å². The van der Waals surface area contributed by atoms with Crippen LogP contribution >= 0.6 is 11.6 Å². The Kier molecular flexibility index (Phi) is 10.0. The number of rotatable bonds is 11. The lowest BCUT2D eigenvalue weighted by Gasteiger charge is -2.34. The second-order valence-corrected chi connectivity index (χ2v) is 10.5. The molecule has 0 saturated heterocycles. The minimum atomic E-state index is -0.0161. The molecule has 1 aliphatic carbocycles. The Bertz CT molecular complexity index is 1120. The van der Waals surface area contributed by atoms with Crippen LogP contribution in [0.2, 0.25) is 5.02 Å². The minimum Gasteiger partial charge on any atom is -0.484 e. The third kappa shape index (κ3) is 8.25. The van der Waals surface area contributed by atoms with Gasteiger partial charge in [-0.3, -0.25) is 9.79 Å². The zero-order valence-electron chi connectivity index (χ0n) is 21.7. The molecule has 4 N–H and O–H groups in total. The summed E-state index contributed by atoms with van der Waals surface area (Å²) in [6, 6.07) is 27.9. The molecule has 0 unspecified atom stereocenters. The average molecular weight is 533 g/mol. The highest BCUT2D eigenvalue weighted by Crippen LogP contribution is 2.31. The monoisotopic (exact) mass is 532 g/mol. The van der Waals surface area contributed by atoms with Crippen LogP contribution in [0.5, 0.6) is 5.75 Å². The van der Waals surface area contributed by atoms with E-state index in [1.54, 1.807) is 24.3 Å². The quantitative estimate of drug-likeness (QED) is 0.253. The highest BCUT2D eigenvalue weighted by molar-refractivity contribution is 6.30. The normalized spacial score (nSPS) is 17.1. The Morgan fingerprint density at radius 2 is 1.42 bits per heavy atom. The van der Waals surface area contributed by atoms with Crippen molar-refractivity contribution < 1.29 is 9.53 Å². The number of guanidine groups is 1. The molecule has 0 atom stereocenters. The molecule has 0 aromatic heterocycles. The molecular weight excluding hydrogens is 496 g/mol. The van der Waals surface area contributed by atoms with Gasteiger partial charge in [-0.15, -0.1) is 0 Å². The third-order valence-corrected chi connectivity index (χ3v) is 7.56. The fourth-order valence-electron chi connectivity index (χ4n) is 5.18. The molecule has 200 valence electrons. The molecule has 6 nitrogen and oxygen atoms in total. The summed E-state index contributed by atoms with van der Waals surface area (Å²) in [4.78, 5) is 19.8. The van der Waals surface area contributed by atoms with Crippen LogP contribution in [0.3, 0.4) is 0 Å². The van der Waals surface area contributed by atoms with Crippen molar-refractivity contribution in [2.45, 2.75) is 31.6 Å². The Morgan fingerprint density at radius 3 is 1.97 bits per heavy atom. The van der Waals surface area contributed by atoms with Crippen LogP contribution in [0.25, 0.3) is 0 Å². The number of nitrogens with zero attached hydrogens (tertiary/aromatic N) is 2. The lowest BCUT2D eigenvalue weighted by atomic mass is 9.81. The van der Waals surface area contributed by atoms with E-state index < -0.39 is 0 Å². The molecule has 1 amide bonds. The maximum absolute atomic E-state index is 13.6. The number of carbonyl (C=O) groups is 1. The van der Waals surface area contributed by atoms with Crippen LogP contribution < -0.4 is 16.2 Å². The van der Waals surface area contributed by atoms with Gasteiger partial charge >= 0.3 is 0 Å². The number of nitrogens with two attached hydrogens (primary N) is 2. The topological polar surface area (TPSA) is 93.9 Å². The van der Waals surface area contributed by atoms with Gasteiger partial charge in [0.2, 0.25) is 0 Å². The Hall–Kier alpha value is -3.51. The summed E-state index contributed by atoms with van der Waals surface area (Å²) in [5.41, 5.74) is 13.4. The van der Waals surface area contributed by atoms with Crippen molar-refractivity contribution in [2.24, 2.45) is 28.3 Å². The van der Waals surface area contributed by atoms with Crippen molar-refractivity contribution in [3.05, 3.63) is 101 Å². The van der Waals surface area contributed by atoms with Crippen LogP contribution in [0.4, 0.5) is 0 Å². The number of ether oxygens (including phenoxy) is 1. The summed E-state index contributed by atoms with van der Waals surface area (Å²) in [6.07, 6.45) is 4.22. The van der Waals surface area contributed by atoms with Gasteiger partial charge in [-0.25, -0.2) is 0 Å². The van der Waals surface area contributed by atoms with Crippen LogP contribution in [0, 0.1) is 11.8 Å². The van der Waals surface area contributed by atoms with Gasteiger partial charge in [0.1, 0.15) is 5.75 Å². The predicted octanol–water partition coefficient (Wildman–Crippen LogP) is 5.46. The van der Waals surface area contributed by atoms with E-state index in [9.17, 15) is 4.79 Å². The van der Waals surface area contributed by atoms with Crippen LogP contribution in [0.1, 0.15) is 42.7 Å². The maximum atomic E-state index is 13.6. The molecule has 3 aromatic carbocycles. The average Bonchev–Trinajstić information content (AvgIpc) is 2.95. The fraction of sp³-hybridized carbons (Fsp3) is 0.355. The number of hydrogen-bond donors (Lipinski definition) is 2. The molecule has 0 aliphatic heterocycles. The Morgan fingerprint density at radius 1 is 0.868 bits per heavy atom. The lowest BCUT2D eigenvalue weighted by molar-refractivity contribution is -0.134. The highest BCUT2D eigenvalue weighted by atomic mass is 35.5. The summed E-state index contributed by atoms with van der Waals surface area (Å²) in [5, 5.41) is 0.634. The number of amides is 1. The summed E-state index contributed by atoms with van der Waals surface area (Å²) in [6.45, 7) is 1.95. The maximum Gasteiger partial charge on any atom is 0.260 e. The molecular formula is C31H37ClN4O2. The van der Waals surface area contributed by atoms with E-state index in [4.69, 9.17) is 27.8 Å². The van der Waals surface area contributed by atoms with E-state index in [2.05, 4.69) is 53.5 Å². The molecule has 1 fully saturated rings. The smallest absolute Gasteiger partial charge is 0.260 e. The summed E-state index contributed by atoms with van der Waals surface area (Å²) in [7, 11) is 0. The molecule has 4 rings (SSSR count). The first-order chi connectivity index (χ1) is 18.5. The summed E-state index contributed by atoms with van der Waals surface area (Å²) < 4.78 is 5.87. The first-order valence-electron chi connectivity index (χ1n) is 13.3. The van der Waals surface area contributed by atoms with Crippen LogP contribution in [-0.2, 0) is 4.79 Å². The van der Waals surface area contributed by atoms with E-state index in [0.29, 0.717) is 42.2 Å². The second-order valence-electron chi connectivity index (χ2n) is 10.1. The van der Waals surface area contributed by atoms with Gasteiger partial charge in [-0.2, -0.15) is 0 Å². The molecule has 1 saturated carbocycles. The zero-order valence-corrected chi connectivity index (χ0v) is 22.5. The second kappa shape index (κ2) is 13.9. The molecule has 0 spiro atoms. The van der Waals surface area contributed by atoms with Crippen LogP contribution in [-0.4, -0.2) is 43.0 Å². The van der Waals surface area contributed by atoms with E-state index in [0.717, 1.165) is 25.7 Å². The Balaban J connectivity index is 1.49. The molecule has 38 heavy (non-hydrogen) atoms. The molecule has 3 aromatic rings. The van der Waals surface area contributed by atoms with E-state index >= 15 is 0 Å². The number of benzene rings is 3. The fourth-order valence-corrected chi connectivity index (χ4v) is 5.31. The van der Waals surface area contributed by atoms with E-state index in [-0.39, 0.29) is 24.4 Å². The van der Waals surface area contributed by atoms with Crippen molar-refractivity contribution >= 4 is 23.5 Å². The number of carbonyl (C=O) groups excluding carboxylic acids is 1. The zero-order chi connectivity index (χ0) is 26.7. The van der Waals surface area contributed by atoms with Gasteiger partial charge in [-0.1, -0.05) is 72.3 Å². The SMILES string of the molecule is NC(N)=NCC1CCC(CN(CC(c2ccccc2)c2ccccc2)C(=O)COc2ccc(Cl)cc2)CC1. The molecule has 0 bridgehead atoms. The third-order valence-electron chi connectivity index (χ3n) is 7.31. The predicted molar refractivity (Wildman–Crippen MR) is 154 cm³/mol. The summed E-state index contributed by atoms with van der Waals surface area (Å²) >= 11 is 6.00. The van der Waals surface area contributed by atoms with Crippen molar-refractivity contribution in [3.8, 4) is 5.75 Å². The van der Waals surface area contributed by atoms with Crippen molar-refractivity contribution in [2.75, 3.05) is 26.2 Å². The Labute approximate surface area is 230 Å². The van der Waals surface area contributed by atoms with Gasteiger partial charge in [0.05, 0.1) is 0 Å². The first-order valence-corrected chi connectivity index (χ1v) is 13.7. The molecule has 1 aliphatic rings. The number of hydrogen-bond acceptors (Lipinski definition) is 3. The van der Waals surface area contributed by atoms with Crippen molar-refractivity contribution in [1.29, 1.82) is 0 Å². The summed E-state index contributed by atoms with van der Waals surface area (Å²) in [5.74, 6) is 1.75. The largest absolute Gasteiger partial charge is 0.484 e. The van der Waals surface area contributed by atoms with Gasteiger partial charge in [-0.05, 0) is 72.9 Å². The number of halogens is 1. The van der Waals surface area contributed by atoms with Gasteiger partial charge < -0.3 is 21.1 Å². The van der Waals surface area contributed by atoms with Crippen LogP contribution in [0.15, 0.2) is 89.9 Å². The standard InChI is InChI=1S/C31H37ClN4O2/c32-27-15-17-28(18-16-27)38-22-30(37)36(20-24-13-11-23(12-14-24)19-35-31(33)34)21-29(25-7-3-1-4-8-25)26-9-5-2-6-10-26/h1-10,15-18,23-24,29H,11-14,19-22H2,(H4,33,34,35). The van der Waals surface area contributed by atoms with E-state index in [1.807, 2.05) is 17.0 Å². The molecule has 0 heterocycles. The molecule has 0 radical (unpaired) electrons. The molecule has 7 heteroatoms.